The van der Waals surface area contributed by atoms with E-state index in [1.54, 1.807) is 30.3 Å². The number of hydrogen-bond donors (Lipinski definition) is 0. The zero-order chi connectivity index (χ0) is 17.3. The number of carbonyl (C=O) groups excluding carboxylic acids is 2. The minimum atomic E-state index is -0.559. The van der Waals surface area contributed by atoms with Crippen LogP contribution in [0.15, 0.2) is 47.4 Å². The van der Waals surface area contributed by atoms with E-state index in [1.807, 2.05) is 0 Å². The van der Waals surface area contributed by atoms with Gasteiger partial charge in [0, 0.05) is 15.6 Å². The van der Waals surface area contributed by atoms with E-state index in [9.17, 15) is 14.0 Å². The molecule has 1 fully saturated rings. The third-order valence-corrected chi connectivity index (χ3v) is 5.05. The zero-order valence-electron chi connectivity index (χ0n) is 12.1. The average Bonchev–Trinajstić information content (AvgIpc) is 2.80. The summed E-state index contributed by atoms with van der Waals surface area (Å²) < 4.78 is 13.9. The highest BCUT2D eigenvalue weighted by Crippen LogP contribution is 2.35. The lowest BCUT2D eigenvalue weighted by Gasteiger charge is -2.14. The first-order valence-electron chi connectivity index (χ1n) is 6.90. The lowest BCUT2D eigenvalue weighted by molar-refractivity contribution is -0.123. The Balaban J connectivity index is 1.89. The predicted octanol–water partition coefficient (Wildman–Crippen LogP) is 5.37. The summed E-state index contributed by atoms with van der Waals surface area (Å²) in [6.07, 6.45) is 1.55. The Hall–Kier alpha value is -1.82. The van der Waals surface area contributed by atoms with E-state index in [4.69, 9.17) is 23.2 Å². The molecule has 0 N–H and O–H groups in total. The summed E-state index contributed by atoms with van der Waals surface area (Å²) in [5.74, 6) is -1.05. The Labute approximate surface area is 152 Å². The molecule has 3 nitrogen and oxygen atoms in total. The predicted molar refractivity (Wildman–Crippen MR) is 94.4 cm³/mol. The van der Waals surface area contributed by atoms with Gasteiger partial charge >= 0.3 is 0 Å². The van der Waals surface area contributed by atoms with Crippen molar-refractivity contribution in [3.8, 4) is 0 Å². The Morgan fingerprint density at radius 1 is 1.04 bits per heavy atom. The minimum absolute atomic E-state index is 0.112. The number of halogens is 3. The molecule has 1 heterocycles. The first-order valence-corrected chi connectivity index (χ1v) is 8.47. The van der Waals surface area contributed by atoms with Crippen molar-refractivity contribution >= 4 is 52.2 Å². The molecule has 0 saturated carbocycles. The first kappa shape index (κ1) is 17.0. The van der Waals surface area contributed by atoms with E-state index < -0.39 is 17.0 Å². The summed E-state index contributed by atoms with van der Waals surface area (Å²) in [5.41, 5.74) is 0.744. The van der Waals surface area contributed by atoms with Crippen LogP contribution in [0.5, 0.6) is 0 Å². The van der Waals surface area contributed by atoms with Crippen LogP contribution in [0.4, 0.5) is 9.18 Å². The fraction of sp³-hybridized carbons (Fsp3) is 0.0588. The molecule has 0 spiro atoms. The van der Waals surface area contributed by atoms with Gasteiger partial charge in [0.1, 0.15) is 5.82 Å². The second-order valence-electron chi connectivity index (χ2n) is 4.99. The van der Waals surface area contributed by atoms with Crippen LogP contribution in [-0.2, 0) is 11.3 Å². The normalized spacial score (nSPS) is 16.3. The van der Waals surface area contributed by atoms with Crippen LogP contribution in [0, 0.1) is 5.82 Å². The maximum atomic E-state index is 13.9. The quantitative estimate of drug-likeness (QED) is 0.670. The summed E-state index contributed by atoms with van der Waals surface area (Å²) in [4.78, 5) is 25.8. The van der Waals surface area contributed by atoms with Crippen molar-refractivity contribution in [2.75, 3.05) is 0 Å². The van der Waals surface area contributed by atoms with Gasteiger partial charge in [-0.2, -0.15) is 0 Å². The summed E-state index contributed by atoms with van der Waals surface area (Å²) in [6, 6.07) is 11.2. The fourth-order valence-corrected chi connectivity index (χ4v) is 3.45. The van der Waals surface area contributed by atoms with Gasteiger partial charge in [0.05, 0.1) is 11.4 Å². The lowest BCUT2D eigenvalue weighted by Crippen LogP contribution is -2.28. The standard InChI is InChI=1S/C17H10Cl2FNO2S/c18-12-5-2-1-4-10(12)8-15-16(22)21(17(23)24-15)9-11-13(19)6-3-7-14(11)20/h1-8H,9H2/b15-8-. The number of carbonyl (C=O) groups is 2. The van der Waals surface area contributed by atoms with E-state index in [-0.39, 0.29) is 22.0 Å². The van der Waals surface area contributed by atoms with Crippen LogP contribution >= 0.6 is 35.0 Å². The number of thioether (sulfide) groups is 1. The largest absolute Gasteiger partial charge is 0.293 e. The molecule has 2 aromatic rings. The third kappa shape index (κ3) is 3.34. The second kappa shape index (κ2) is 6.97. The van der Waals surface area contributed by atoms with Gasteiger partial charge in [-0.05, 0) is 41.6 Å². The molecular formula is C17H10Cl2FNO2S. The van der Waals surface area contributed by atoms with Crippen molar-refractivity contribution in [2.45, 2.75) is 6.54 Å². The molecule has 24 heavy (non-hydrogen) atoms. The number of hydrogen-bond acceptors (Lipinski definition) is 3. The van der Waals surface area contributed by atoms with E-state index in [2.05, 4.69) is 0 Å². The molecular weight excluding hydrogens is 372 g/mol. The van der Waals surface area contributed by atoms with Gasteiger partial charge in [-0.25, -0.2) is 4.39 Å². The van der Waals surface area contributed by atoms with Crippen LogP contribution in [0.25, 0.3) is 6.08 Å². The highest BCUT2D eigenvalue weighted by Gasteiger charge is 2.35. The van der Waals surface area contributed by atoms with Crippen molar-refractivity contribution < 1.29 is 14.0 Å². The zero-order valence-corrected chi connectivity index (χ0v) is 14.5. The fourth-order valence-electron chi connectivity index (χ4n) is 2.21. The van der Waals surface area contributed by atoms with Crippen LogP contribution in [0.1, 0.15) is 11.1 Å². The molecule has 1 aliphatic heterocycles. The smallest absolute Gasteiger partial charge is 0.268 e. The Kier molecular flexibility index (Phi) is 4.94. The maximum absolute atomic E-state index is 13.9. The molecule has 122 valence electrons. The van der Waals surface area contributed by atoms with Crippen molar-refractivity contribution in [1.29, 1.82) is 0 Å². The summed E-state index contributed by atoms with van der Waals surface area (Å²) in [6.45, 7) is -0.212. The Morgan fingerprint density at radius 3 is 2.46 bits per heavy atom. The molecule has 0 bridgehead atoms. The molecule has 3 rings (SSSR count). The average molecular weight is 382 g/mol. The number of rotatable bonds is 3. The number of imide groups is 1. The van der Waals surface area contributed by atoms with E-state index in [0.29, 0.717) is 10.6 Å². The summed E-state index contributed by atoms with van der Waals surface area (Å²) in [7, 11) is 0. The van der Waals surface area contributed by atoms with Crippen molar-refractivity contribution in [1.82, 2.24) is 4.90 Å². The Bertz CT molecular complexity index is 849. The van der Waals surface area contributed by atoms with E-state index >= 15 is 0 Å². The third-order valence-electron chi connectivity index (χ3n) is 3.44. The molecule has 7 heteroatoms. The van der Waals surface area contributed by atoms with Gasteiger partial charge in [-0.15, -0.1) is 0 Å². The molecule has 1 saturated heterocycles. The highest BCUT2D eigenvalue weighted by molar-refractivity contribution is 8.18. The molecule has 0 radical (unpaired) electrons. The van der Waals surface area contributed by atoms with E-state index in [0.717, 1.165) is 16.7 Å². The van der Waals surface area contributed by atoms with Crippen LogP contribution < -0.4 is 0 Å². The van der Waals surface area contributed by atoms with Gasteiger partial charge in [0.25, 0.3) is 11.1 Å². The molecule has 2 aromatic carbocycles. The van der Waals surface area contributed by atoms with Gasteiger partial charge in [0.2, 0.25) is 0 Å². The number of nitrogens with zero attached hydrogens (tertiary/aromatic N) is 1. The SMILES string of the molecule is O=C1S/C(=C\c2ccccc2Cl)C(=O)N1Cc1c(F)cccc1Cl. The van der Waals surface area contributed by atoms with Gasteiger partial charge in [-0.1, -0.05) is 47.5 Å². The van der Waals surface area contributed by atoms with Crippen LogP contribution in [-0.4, -0.2) is 16.0 Å². The topological polar surface area (TPSA) is 37.4 Å². The maximum Gasteiger partial charge on any atom is 0.293 e. The van der Waals surface area contributed by atoms with Crippen molar-refractivity contribution in [3.63, 3.8) is 0 Å². The van der Waals surface area contributed by atoms with Crippen LogP contribution in [0.2, 0.25) is 10.0 Å². The second-order valence-corrected chi connectivity index (χ2v) is 6.80. The first-order chi connectivity index (χ1) is 11.5. The van der Waals surface area contributed by atoms with Gasteiger partial charge in [-0.3, -0.25) is 14.5 Å². The molecule has 1 aliphatic rings. The number of amides is 2. The van der Waals surface area contributed by atoms with Crippen molar-refractivity contribution in [3.05, 3.63) is 74.4 Å². The molecule has 0 aliphatic carbocycles. The summed E-state index contributed by atoms with van der Waals surface area (Å²) in [5, 5.41) is 0.170. The minimum Gasteiger partial charge on any atom is -0.268 e. The molecule has 2 amide bonds. The number of benzene rings is 2. The van der Waals surface area contributed by atoms with Gasteiger partial charge < -0.3 is 0 Å². The van der Waals surface area contributed by atoms with Crippen molar-refractivity contribution in [2.24, 2.45) is 0 Å². The monoisotopic (exact) mass is 381 g/mol. The Morgan fingerprint density at radius 2 is 1.75 bits per heavy atom. The van der Waals surface area contributed by atoms with Crippen LogP contribution in [0.3, 0.4) is 0 Å². The summed E-state index contributed by atoms with van der Waals surface area (Å²) >= 11 is 12.8. The molecule has 0 aromatic heterocycles. The molecule has 0 unspecified atom stereocenters. The van der Waals surface area contributed by atoms with E-state index in [1.165, 1.54) is 18.2 Å². The van der Waals surface area contributed by atoms with Gasteiger partial charge in [0.15, 0.2) is 0 Å². The lowest BCUT2D eigenvalue weighted by atomic mass is 10.2. The molecule has 0 atom stereocenters. The highest BCUT2D eigenvalue weighted by atomic mass is 35.5.